The molecule has 0 saturated carbocycles. The van der Waals surface area contributed by atoms with E-state index in [-0.39, 0.29) is 5.78 Å². The van der Waals surface area contributed by atoms with Gasteiger partial charge in [-0.1, -0.05) is 30.3 Å². The molecule has 0 spiro atoms. The van der Waals surface area contributed by atoms with Crippen molar-refractivity contribution in [2.24, 2.45) is 0 Å². The molecule has 1 aromatic carbocycles. The van der Waals surface area contributed by atoms with Gasteiger partial charge < -0.3 is 0 Å². The Morgan fingerprint density at radius 3 is 2.47 bits per heavy atom. The molecule has 1 aromatic heterocycles. The molecule has 0 amide bonds. The number of carbonyl (C=O) groups is 1. The Labute approximate surface area is 93.4 Å². The Bertz CT molecular complexity index is 456. The highest BCUT2D eigenvalue weighted by Crippen LogP contribution is 2.17. The molecule has 0 saturated heterocycles. The van der Waals surface area contributed by atoms with Crippen LogP contribution in [-0.2, 0) is 6.42 Å². The van der Waals surface area contributed by atoms with Crippen molar-refractivity contribution in [3.05, 3.63) is 57.8 Å². The summed E-state index contributed by atoms with van der Waals surface area (Å²) in [6.07, 6.45) is 0.501. The molecular formula is C13H12OS. The van der Waals surface area contributed by atoms with Gasteiger partial charge in [-0.3, -0.25) is 4.79 Å². The fourth-order valence-corrected chi connectivity index (χ4v) is 2.26. The number of carbonyl (C=O) groups excluding carboxylic acids is 1. The number of Topliss-reactive ketones (excluding diaryl/α,β-unsaturated/α-hetero) is 1. The molecule has 76 valence electrons. The molecule has 2 rings (SSSR count). The van der Waals surface area contributed by atoms with E-state index in [4.69, 9.17) is 0 Å². The van der Waals surface area contributed by atoms with Crippen LogP contribution in [0, 0.1) is 6.92 Å². The molecule has 2 heteroatoms. The second-order valence-corrected chi connectivity index (χ2v) is 4.78. The van der Waals surface area contributed by atoms with E-state index in [1.54, 1.807) is 11.3 Å². The lowest BCUT2D eigenvalue weighted by molar-refractivity contribution is 0.0997. The molecule has 0 bridgehead atoms. The molecule has 1 heterocycles. The summed E-state index contributed by atoms with van der Waals surface area (Å²) in [5.74, 6) is 0.208. The zero-order valence-electron chi connectivity index (χ0n) is 8.57. The zero-order chi connectivity index (χ0) is 10.7. The van der Waals surface area contributed by atoms with Gasteiger partial charge in [0, 0.05) is 11.3 Å². The van der Waals surface area contributed by atoms with Crippen molar-refractivity contribution in [1.29, 1.82) is 0 Å². The van der Waals surface area contributed by atoms with Gasteiger partial charge in [-0.2, -0.15) is 0 Å². The third-order valence-corrected chi connectivity index (χ3v) is 3.26. The number of hydrogen-bond donors (Lipinski definition) is 0. The Morgan fingerprint density at radius 1 is 1.13 bits per heavy atom. The van der Waals surface area contributed by atoms with Crippen LogP contribution in [-0.4, -0.2) is 5.78 Å². The molecule has 0 aliphatic heterocycles. The van der Waals surface area contributed by atoms with E-state index in [0.29, 0.717) is 6.42 Å². The maximum absolute atomic E-state index is 11.8. The van der Waals surface area contributed by atoms with Crippen LogP contribution in [0.3, 0.4) is 0 Å². The fourth-order valence-electron chi connectivity index (χ4n) is 1.45. The van der Waals surface area contributed by atoms with Crippen LogP contribution in [0.4, 0.5) is 0 Å². The molecule has 0 atom stereocenters. The van der Waals surface area contributed by atoms with Gasteiger partial charge in [-0.05, 0) is 24.6 Å². The third-order valence-electron chi connectivity index (χ3n) is 2.22. The van der Waals surface area contributed by atoms with Gasteiger partial charge >= 0.3 is 0 Å². The van der Waals surface area contributed by atoms with Crippen LogP contribution in [0.1, 0.15) is 20.1 Å². The highest BCUT2D eigenvalue weighted by molar-refractivity contribution is 7.14. The van der Waals surface area contributed by atoms with E-state index in [1.807, 2.05) is 49.4 Å². The number of benzene rings is 1. The lowest BCUT2D eigenvalue weighted by atomic mass is 10.1. The Hall–Kier alpha value is -1.41. The molecule has 2 aromatic rings. The number of rotatable bonds is 3. The minimum atomic E-state index is 0.208. The van der Waals surface area contributed by atoms with Crippen LogP contribution < -0.4 is 0 Å². The lowest BCUT2D eigenvalue weighted by Crippen LogP contribution is -2.00. The van der Waals surface area contributed by atoms with Gasteiger partial charge in [0.1, 0.15) is 0 Å². The van der Waals surface area contributed by atoms with Gasteiger partial charge in [-0.25, -0.2) is 0 Å². The standard InChI is InChI=1S/C13H12OS/c1-10-7-8-13(15-10)12(14)9-11-5-3-2-4-6-11/h2-8H,9H2,1H3. The number of thiophene rings is 1. The van der Waals surface area contributed by atoms with E-state index in [1.165, 1.54) is 4.88 Å². The summed E-state index contributed by atoms with van der Waals surface area (Å²) in [6.45, 7) is 2.02. The van der Waals surface area contributed by atoms with E-state index < -0.39 is 0 Å². The topological polar surface area (TPSA) is 17.1 Å². The first-order valence-electron chi connectivity index (χ1n) is 4.89. The third kappa shape index (κ3) is 2.54. The summed E-state index contributed by atoms with van der Waals surface area (Å²) < 4.78 is 0. The van der Waals surface area contributed by atoms with Crippen LogP contribution in [0.5, 0.6) is 0 Å². The summed E-state index contributed by atoms with van der Waals surface area (Å²) in [5, 5.41) is 0. The first kappa shape index (κ1) is 10.1. The maximum atomic E-state index is 11.8. The van der Waals surface area contributed by atoms with Crippen LogP contribution in [0.15, 0.2) is 42.5 Å². The van der Waals surface area contributed by atoms with Gasteiger partial charge in [-0.15, -0.1) is 11.3 Å². The summed E-state index contributed by atoms with van der Waals surface area (Å²) in [4.78, 5) is 13.9. The van der Waals surface area contributed by atoms with Crippen molar-refractivity contribution in [1.82, 2.24) is 0 Å². The molecule has 1 nitrogen and oxygen atoms in total. The van der Waals surface area contributed by atoms with E-state index in [0.717, 1.165) is 10.4 Å². The van der Waals surface area contributed by atoms with Gasteiger partial charge in [0.15, 0.2) is 5.78 Å². The molecule has 0 fully saturated rings. The van der Waals surface area contributed by atoms with E-state index in [2.05, 4.69) is 0 Å². The number of aryl methyl sites for hydroxylation is 1. The van der Waals surface area contributed by atoms with Crippen molar-refractivity contribution < 1.29 is 4.79 Å². The molecule has 0 aliphatic rings. The molecular weight excluding hydrogens is 204 g/mol. The maximum Gasteiger partial charge on any atom is 0.177 e. The number of hydrogen-bond acceptors (Lipinski definition) is 2. The Balaban J connectivity index is 2.11. The Morgan fingerprint density at radius 2 is 1.87 bits per heavy atom. The molecule has 0 N–H and O–H groups in total. The van der Waals surface area contributed by atoms with Crippen molar-refractivity contribution in [2.45, 2.75) is 13.3 Å². The van der Waals surface area contributed by atoms with Crippen LogP contribution >= 0.6 is 11.3 Å². The largest absolute Gasteiger partial charge is 0.293 e. The summed E-state index contributed by atoms with van der Waals surface area (Å²) in [6, 6.07) is 13.7. The van der Waals surface area contributed by atoms with Gasteiger partial charge in [0.05, 0.1) is 4.88 Å². The smallest absolute Gasteiger partial charge is 0.177 e. The Kier molecular flexibility index (Phi) is 2.97. The predicted octanol–water partition coefficient (Wildman–Crippen LogP) is 3.48. The summed E-state index contributed by atoms with van der Waals surface area (Å²) >= 11 is 1.57. The summed E-state index contributed by atoms with van der Waals surface area (Å²) in [7, 11) is 0. The van der Waals surface area contributed by atoms with Crippen molar-refractivity contribution in [3.63, 3.8) is 0 Å². The normalized spacial score (nSPS) is 10.2. The quantitative estimate of drug-likeness (QED) is 0.718. The average Bonchev–Trinajstić information content (AvgIpc) is 2.66. The van der Waals surface area contributed by atoms with E-state index in [9.17, 15) is 4.79 Å². The minimum absolute atomic E-state index is 0.208. The highest BCUT2D eigenvalue weighted by Gasteiger charge is 2.08. The minimum Gasteiger partial charge on any atom is -0.293 e. The predicted molar refractivity (Wildman–Crippen MR) is 63.5 cm³/mol. The highest BCUT2D eigenvalue weighted by atomic mass is 32.1. The second-order valence-electron chi connectivity index (χ2n) is 3.50. The van der Waals surface area contributed by atoms with Crippen molar-refractivity contribution in [2.75, 3.05) is 0 Å². The SMILES string of the molecule is Cc1ccc(C(=O)Cc2ccccc2)s1. The van der Waals surface area contributed by atoms with E-state index >= 15 is 0 Å². The van der Waals surface area contributed by atoms with Crippen LogP contribution in [0.25, 0.3) is 0 Å². The summed E-state index contributed by atoms with van der Waals surface area (Å²) in [5.41, 5.74) is 1.08. The lowest BCUT2D eigenvalue weighted by Gasteiger charge is -1.97. The van der Waals surface area contributed by atoms with Crippen LogP contribution in [0.2, 0.25) is 0 Å². The zero-order valence-corrected chi connectivity index (χ0v) is 9.38. The first-order chi connectivity index (χ1) is 7.25. The fraction of sp³-hybridized carbons (Fsp3) is 0.154. The van der Waals surface area contributed by atoms with Crippen molar-refractivity contribution >= 4 is 17.1 Å². The molecule has 0 unspecified atom stereocenters. The second kappa shape index (κ2) is 4.41. The van der Waals surface area contributed by atoms with Gasteiger partial charge in [0.2, 0.25) is 0 Å². The van der Waals surface area contributed by atoms with Gasteiger partial charge in [0.25, 0.3) is 0 Å². The monoisotopic (exact) mass is 216 g/mol. The molecule has 15 heavy (non-hydrogen) atoms. The van der Waals surface area contributed by atoms with Crippen molar-refractivity contribution in [3.8, 4) is 0 Å². The number of ketones is 1. The average molecular weight is 216 g/mol. The first-order valence-corrected chi connectivity index (χ1v) is 5.71. The molecule has 0 radical (unpaired) electrons. The molecule has 0 aliphatic carbocycles.